The van der Waals surface area contributed by atoms with Crippen LogP contribution in [0.2, 0.25) is 13.4 Å². The lowest BCUT2D eigenvalue weighted by Crippen LogP contribution is -2.16. The van der Waals surface area contributed by atoms with E-state index in [2.05, 4.69) is 13.4 Å². The van der Waals surface area contributed by atoms with Gasteiger partial charge in [-0.3, -0.25) is 0 Å². The van der Waals surface area contributed by atoms with Gasteiger partial charge in [-0.05, 0) is 0 Å². The third-order valence-corrected chi connectivity index (χ3v) is 2.52. The van der Waals surface area contributed by atoms with Crippen LogP contribution in [0.1, 0.15) is 7.43 Å². The molecule has 0 aromatic rings. The van der Waals surface area contributed by atoms with Crippen LogP contribution in [0.4, 0.5) is 0 Å². The Morgan fingerprint density at radius 2 is 2.00 bits per heavy atom. The molecule has 3 heteroatoms. The Hall–Kier alpha value is 0.242. The quantitative estimate of drug-likeness (QED) is 0.487. The first-order chi connectivity index (χ1) is 2.81. The molecule has 0 amide bonds. The first-order valence-corrected chi connectivity index (χ1v) is 4.42. The van der Waals surface area contributed by atoms with Gasteiger partial charge in [0, 0.05) is 7.11 Å². The van der Waals surface area contributed by atoms with Crippen LogP contribution in [0.15, 0.2) is 0 Å². The summed E-state index contributed by atoms with van der Waals surface area (Å²) in [5, 5.41) is 0. The maximum absolute atomic E-state index is 4.98. The van der Waals surface area contributed by atoms with Gasteiger partial charge in [0.25, 0.3) is 0 Å². The van der Waals surface area contributed by atoms with Crippen LogP contribution < -0.4 is 0 Å². The summed E-state index contributed by atoms with van der Waals surface area (Å²) in [4.78, 5) is 0. The molecule has 0 saturated carbocycles. The fourth-order valence-corrected chi connectivity index (χ4v) is 0.408. The van der Waals surface area contributed by atoms with E-state index < -0.39 is 8.91 Å². The third-order valence-electron chi connectivity index (χ3n) is 0.841. The minimum atomic E-state index is -0.785. The maximum Gasteiger partial charge on any atom is 0.132 e. The molecule has 0 heterocycles. The number of hydrogen-bond acceptors (Lipinski definition) is 1. The van der Waals surface area contributed by atoms with Crippen LogP contribution in [-0.4, -0.2) is 22.9 Å². The Kier molecular flexibility index (Phi) is 9.16. The monoisotopic (exact) mass is 117 g/mol. The lowest BCUT2D eigenvalue weighted by atomic mass is 10.2. The molecule has 0 N–H and O–H groups in total. The molecule has 1 nitrogen and oxygen atoms in total. The predicted molar refractivity (Wildman–Crippen MR) is 38.4 cm³/mol. The SMILES string of the molecule is C.C[B][SiH](C)OC. The predicted octanol–water partition coefficient (Wildman–Crippen LogP) is 0.871. The standard InChI is InChI=1S/C3H10BOSi.CH4/c1-4-6(3)5-2;/h6H,1-3H3;1H4. The zero-order chi connectivity index (χ0) is 4.99. The van der Waals surface area contributed by atoms with Crippen molar-refractivity contribution in [1.82, 2.24) is 0 Å². The first-order valence-electron chi connectivity index (χ1n) is 2.13. The summed E-state index contributed by atoms with van der Waals surface area (Å²) >= 11 is 0. The van der Waals surface area contributed by atoms with E-state index in [1.165, 1.54) is 0 Å². The van der Waals surface area contributed by atoms with Gasteiger partial charge in [-0.1, -0.05) is 20.8 Å². The van der Waals surface area contributed by atoms with Crippen LogP contribution in [0.5, 0.6) is 0 Å². The van der Waals surface area contributed by atoms with Crippen LogP contribution in [0, 0.1) is 0 Å². The molecule has 1 radical (unpaired) electrons. The molecular formula is C4H14BOSi. The Morgan fingerprint density at radius 3 is 2.00 bits per heavy atom. The van der Waals surface area contributed by atoms with E-state index in [0.717, 1.165) is 0 Å². The van der Waals surface area contributed by atoms with Crippen LogP contribution in [0.3, 0.4) is 0 Å². The van der Waals surface area contributed by atoms with Gasteiger partial charge in [-0.2, -0.15) is 0 Å². The lowest BCUT2D eigenvalue weighted by molar-refractivity contribution is 0.439. The minimum Gasteiger partial charge on any atom is -0.432 e. The van der Waals surface area contributed by atoms with Crippen molar-refractivity contribution in [2.45, 2.75) is 20.8 Å². The molecule has 0 bridgehead atoms. The summed E-state index contributed by atoms with van der Waals surface area (Å²) in [5.41, 5.74) is 0. The molecule has 0 rings (SSSR count). The normalized spacial score (nSPS) is 11.9. The molecule has 1 atom stereocenters. The number of rotatable bonds is 2. The second-order valence-electron chi connectivity index (χ2n) is 1.27. The van der Waals surface area contributed by atoms with Gasteiger partial charge >= 0.3 is 0 Å². The molecule has 0 aromatic heterocycles. The van der Waals surface area contributed by atoms with Crippen molar-refractivity contribution in [3.8, 4) is 0 Å². The number of hydrogen-bond donors (Lipinski definition) is 0. The van der Waals surface area contributed by atoms with Gasteiger partial charge in [-0.15, -0.1) is 0 Å². The van der Waals surface area contributed by atoms with Crippen molar-refractivity contribution in [3.63, 3.8) is 0 Å². The summed E-state index contributed by atoms with van der Waals surface area (Å²) in [7, 11) is 0.975. The smallest absolute Gasteiger partial charge is 0.132 e. The molecule has 0 aliphatic rings. The van der Waals surface area contributed by atoms with Crippen molar-refractivity contribution >= 4 is 15.8 Å². The molecule has 7 heavy (non-hydrogen) atoms. The van der Waals surface area contributed by atoms with E-state index >= 15 is 0 Å². The summed E-state index contributed by atoms with van der Waals surface area (Å²) in [5.74, 6) is 0. The van der Waals surface area contributed by atoms with E-state index in [0.29, 0.717) is 0 Å². The van der Waals surface area contributed by atoms with Gasteiger partial charge in [0.1, 0.15) is 15.8 Å². The van der Waals surface area contributed by atoms with Crippen molar-refractivity contribution in [3.05, 3.63) is 0 Å². The topological polar surface area (TPSA) is 9.23 Å². The Morgan fingerprint density at radius 1 is 1.57 bits per heavy atom. The zero-order valence-electron chi connectivity index (χ0n) is 4.56. The van der Waals surface area contributed by atoms with E-state index in [9.17, 15) is 0 Å². The van der Waals surface area contributed by atoms with Crippen LogP contribution >= 0.6 is 0 Å². The van der Waals surface area contributed by atoms with Gasteiger partial charge in [0.2, 0.25) is 0 Å². The second-order valence-corrected chi connectivity index (χ2v) is 3.82. The highest BCUT2D eigenvalue weighted by Crippen LogP contribution is 1.74. The summed E-state index contributed by atoms with van der Waals surface area (Å²) in [6.45, 7) is 6.32. The minimum absolute atomic E-state index is 0. The van der Waals surface area contributed by atoms with Crippen molar-refractivity contribution in [1.29, 1.82) is 0 Å². The second kappa shape index (κ2) is 6.24. The zero-order valence-corrected chi connectivity index (χ0v) is 5.72. The van der Waals surface area contributed by atoms with Crippen LogP contribution in [-0.2, 0) is 4.43 Å². The van der Waals surface area contributed by atoms with Crippen molar-refractivity contribution in [2.75, 3.05) is 7.11 Å². The highest BCUT2D eigenvalue weighted by atomic mass is 28.3. The average Bonchev–Trinajstić information content (AvgIpc) is 1.65. The molecule has 0 aromatic carbocycles. The van der Waals surface area contributed by atoms with Gasteiger partial charge in [-0.25, -0.2) is 0 Å². The first kappa shape index (κ1) is 10.3. The maximum atomic E-state index is 4.98. The highest BCUT2D eigenvalue weighted by Gasteiger charge is 1.94. The van der Waals surface area contributed by atoms with Crippen molar-refractivity contribution < 1.29 is 4.43 Å². The fraction of sp³-hybridized carbons (Fsp3) is 1.00. The third kappa shape index (κ3) is 6.24. The molecule has 0 aliphatic heterocycles. The van der Waals surface area contributed by atoms with E-state index in [4.69, 9.17) is 4.43 Å². The van der Waals surface area contributed by atoms with E-state index in [1.54, 1.807) is 7.11 Å². The summed E-state index contributed by atoms with van der Waals surface area (Å²) in [6, 6.07) is 0. The summed E-state index contributed by atoms with van der Waals surface area (Å²) in [6.07, 6.45) is 0. The Balaban J connectivity index is 0. The molecular weight excluding hydrogens is 103 g/mol. The molecule has 0 spiro atoms. The summed E-state index contributed by atoms with van der Waals surface area (Å²) < 4.78 is 4.98. The van der Waals surface area contributed by atoms with Gasteiger partial charge in [0.05, 0.1) is 0 Å². The molecule has 0 saturated heterocycles. The van der Waals surface area contributed by atoms with Crippen molar-refractivity contribution in [2.24, 2.45) is 0 Å². The Bertz CT molecular complexity index is 30.9. The Labute approximate surface area is 49.0 Å². The van der Waals surface area contributed by atoms with E-state index in [1.807, 2.05) is 6.82 Å². The van der Waals surface area contributed by atoms with E-state index in [-0.39, 0.29) is 7.43 Å². The lowest BCUT2D eigenvalue weighted by Gasteiger charge is -1.98. The van der Waals surface area contributed by atoms with Gasteiger partial charge in [0.15, 0.2) is 0 Å². The largest absolute Gasteiger partial charge is 0.432 e. The van der Waals surface area contributed by atoms with Crippen LogP contribution in [0.25, 0.3) is 0 Å². The molecule has 0 aliphatic carbocycles. The highest BCUT2D eigenvalue weighted by molar-refractivity contribution is 7.07. The molecule has 0 fully saturated rings. The van der Waals surface area contributed by atoms with Gasteiger partial charge < -0.3 is 4.43 Å². The average molecular weight is 117 g/mol. The molecule has 43 valence electrons. The fourth-order valence-electron chi connectivity index (χ4n) is 0.136. The molecule has 1 unspecified atom stereocenters.